The predicted octanol–water partition coefficient (Wildman–Crippen LogP) is 2.59. The van der Waals surface area contributed by atoms with Crippen molar-refractivity contribution in [2.45, 2.75) is 37.5 Å². The summed E-state index contributed by atoms with van der Waals surface area (Å²) in [4.78, 5) is 11.0. The molecule has 0 aliphatic heterocycles. The van der Waals surface area contributed by atoms with Gasteiger partial charge >= 0.3 is 5.97 Å². The summed E-state index contributed by atoms with van der Waals surface area (Å²) >= 11 is 0. The number of carboxylic acids is 1. The van der Waals surface area contributed by atoms with Gasteiger partial charge in [0.2, 0.25) is 0 Å². The lowest BCUT2D eigenvalue weighted by molar-refractivity contribution is -0.143. The Bertz CT molecular complexity index is 583. The Morgan fingerprint density at radius 2 is 1.76 bits per heavy atom. The molecule has 1 aliphatic carbocycles. The molecule has 0 spiro atoms. The van der Waals surface area contributed by atoms with Gasteiger partial charge < -0.3 is 5.11 Å². The van der Waals surface area contributed by atoms with Crippen LogP contribution >= 0.6 is 0 Å². The minimum Gasteiger partial charge on any atom is -0.481 e. The minimum atomic E-state index is -3.72. The highest BCUT2D eigenvalue weighted by Gasteiger charge is 2.27. The third-order valence-corrected chi connectivity index (χ3v) is 5.26. The number of benzene rings is 1. The average Bonchev–Trinajstić information content (AvgIpc) is 2.46. The van der Waals surface area contributed by atoms with Crippen LogP contribution in [0, 0.1) is 18.8 Å². The van der Waals surface area contributed by atoms with E-state index in [0.29, 0.717) is 25.7 Å². The second-order valence-electron chi connectivity index (χ2n) is 5.61. The van der Waals surface area contributed by atoms with Crippen molar-refractivity contribution in [1.82, 2.24) is 0 Å². The Morgan fingerprint density at radius 1 is 1.19 bits per heavy atom. The van der Waals surface area contributed by atoms with Crippen LogP contribution in [0.4, 0.5) is 0 Å². The molecule has 1 aliphatic rings. The molecular formula is C15H20O5S. The van der Waals surface area contributed by atoms with Gasteiger partial charge in [-0.2, -0.15) is 8.42 Å². The van der Waals surface area contributed by atoms with Gasteiger partial charge in [-0.15, -0.1) is 0 Å². The van der Waals surface area contributed by atoms with Gasteiger partial charge in [-0.05, 0) is 50.7 Å². The first-order chi connectivity index (χ1) is 9.88. The van der Waals surface area contributed by atoms with Crippen molar-refractivity contribution in [2.24, 2.45) is 11.8 Å². The van der Waals surface area contributed by atoms with E-state index in [4.69, 9.17) is 9.29 Å². The molecule has 0 saturated heterocycles. The van der Waals surface area contributed by atoms with Crippen LogP contribution < -0.4 is 0 Å². The van der Waals surface area contributed by atoms with Crippen LogP contribution in [0.25, 0.3) is 0 Å². The van der Waals surface area contributed by atoms with Gasteiger partial charge in [0.25, 0.3) is 10.1 Å². The van der Waals surface area contributed by atoms with E-state index >= 15 is 0 Å². The fraction of sp³-hybridized carbons (Fsp3) is 0.533. The first-order valence-electron chi connectivity index (χ1n) is 7.07. The van der Waals surface area contributed by atoms with Crippen molar-refractivity contribution >= 4 is 16.1 Å². The molecular weight excluding hydrogens is 292 g/mol. The van der Waals surface area contributed by atoms with Gasteiger partial charge in [0.15, 0.2) is 0 Å². The Balaban J connectivity index is 1.88. The van der Waals surface area contributed by atoms with Crippen LogP contribution in [0.3, 0.4) is 0 Å². The zero-order valence-electron chi connectivity index (χ0n) is 12.0. The van der Waals surface area contributed by atoms with Gasteiger partial charge in [0, 0.05) is 0 Å². The molecule has 0 radical (unpaired) electrons. The summed E-state index contributed by atoms with van der Waals surface area (Å²) in [6.45, 7) is 2.01. The normalized spacial score (nSPS) is 22.9. The van der Waals surface area contributed by atoms with Gasteiger partial charge in [-0.3, -0.25) is 8.98 Å². The second kappa shape index (κ2) is 6.58. The van der Waals surface area contributed by atoms with Gasteiger partial charge in [-0.1, -0.05) is 17.7 Å². The highest BCUT2D eigenvalue weighted by Crippen LogP contribution is 2.29. The zero-order chi connectivity index (χ0) is 15.5. The molecule has 0 bridgehead atoms. The van der Waals surface area contributed by atoms with E-state index in [1.807, 2.05) is 6.92 Å². The summed E-state index contributed by atoms with van der Waals surface area (Å²) in [7, 11) is -3.72. The van der Waals surface area contributed by atoms with Crippen molar-refractivity contribution in [1.29, 1.82) is 0 Å². The van der Waals surface area contributed by atoms with Crippen molar-refractivity contribution in [3.05, 3.63) is 29.8 Å². The molecule has 0 heterocycles. The molecule has 6 heteroatoms. The lowest BCUT2D eigenvalue weighted by Gasteiger charge is -2.25. The van der Waals surface area contributed by atoms with E-state index in [2.05, 4.69) is 0 Å². The SMILES string of the molecule is Cc1ccc(S(=O)(=O)OCC2CCC(C(=O)O)CC2)cc1. The first-order valence-corrected chi connectivity index (χ1v) is 8.48. The van der Waals surface area contributed by atoms with Crippen LogP contribution in [-0.2, 0) is 19.1 Å². The van der Waals surface area contributed by atoms with E-state index in [9.17, 15) is 13.2 Å². The van der Waals surface area contributed by atoms with E-state index in [0.717, 1.165) is 5.56 Å². The number of hydrogen-bond acceptors (Lipinski definition) is 4. The molecule has 5 nitrogen and oxygen atoms in total. The summed E-state index contributed by atoms with van der Waals surface area (Å²) in [6, 6.07) is 6.53. The van der Waals surface area contributed by atoms with Gasteiger partial charge in [0.05, 0.1) is 17.4 Å². The number of hydrogen-bond donors (Lipinski definition) is 1. The molecule has 1 fully saturated rings. The van der Waals surface area contributed by atoms with Crippen molar-refractivity contribution in [3.8, 4) is 0 Å². The van der Waals surface area contributed by atoms with Crippen molar-refractivity contribution < 1.29 is 22.5 Å². The number of rotatable bonds is 5. The first kappa shape index (κ1) is 16.0. The molecule has 0 unspecified atom stereocenters. The quantitative estimate of drug-likeness (QED) is 0.845. The van der Waals surface area contributed by atoms with Gasteiger partial charge in [0.1, 0.15) is 0 Å². The van der Waals surface area contributed by atoms with Crippen LogP contribution in [0.1, 0.15) is 31.2 Å². The lowest BCUT2D eigenvalue weighted by atomic mass is 9.82. The Hall–Kier alpha value is -1.40. The van der Waals surface area contributed by atoms with Crippen LogP contribution in [-0.4, -0.2) is 26.1 Å². The van der Waals surface area contributed by atoms with Crippen molar-refractivity contribution in [2.75, 3.05) is 6.61 Å². The third-order valence-electron chi connectivity index (χ3n) is 3.96. The molecule has 116 valence electrons. The summed E-state index contributed by atoms with van der Waals surface area (Å²) in [5.41, 5.74) is 0.987. The molecule has 2 rings (SSSR count). The average molecular weight is 312 g/mol. The van der Waals surface area contributed by atoms with E-state index in [1.54, 1.807) is 12.1 Å². The largest absolute Gasteiger partial charge is 0.481 e. The Kier molecular flexibility index (Phi) is 5.00. The lowest BCUT2D eigenvalue weighted by Crippen LogP contribution is -2.24. The summed E-state index contributed by atoms with van der Waals surface area (Å²) in [5.74, 6) is -0.947. The van der Waals surface area contributed by atoms with Crippen LogP contribution in [0.2, 0.25) is 0 Å². The third kappa shape index (κ3) is 4.28. The number of aliphatic carboxylic acids is 1. The molecule has 21 heavy (non-hydrogen) atoms. The molecule has 1 saturated carbocycles. The summed E-state index contributed by atoms with van der Waals surface area (Å²) in [5, 5.41) is 8.93. The minimum absolute atomic E-state index is 0.112. The zero-order valence-corrected chi connectivity index (χ0v) is 12.8. The van der Waals surface area contributed by atoms with Crippen LogP contribution in [0.5, 0.6) is 0 Å². The number of carboxylic acid groups (broad SMARTS) is 1. The van der Waals surface area contributed by atoms with Crippen LogP contribution in [0.15, 0.2) is 29.2 Å². The molecule has 0 aromatic heterocycles. The van der Waals surface area contributed by atoms with E-state index in [1.165, 1.54) is 12.1 Å². The maximum atomic E-state index is 12.0. The number of aryl methyl sites for hydroxylation is 1. The Labute approximate surface area is 125 Å². The standard InChI is InChI=1S/C15H20O5S/c1-11-2-8-14(9-3-11)21(18,19)20-10-12-4-6-13(7-5-12)15(16)17/h2-3,8-9,12-13H,4-7,10H2,1H3,(H,16,17). The second-order valence-corrected chi connectivity index (χ2v) is 7.22. The molecule has 0 amide bonds. The molecule has 0 atom stereocenters. The van der Waals surface area contributed by atoms with Crippen molar-refractivity contribution in [3.63, 3.8) is 0 Å². The number of carbonyl (C=O) groups is 1. The molecule has 1 N–H and O–H groups in total. The predicted molar refractivity (Wildman–Crippen MR) is 77.4 cm³/mol. The Morgan fingerprint density at radius 3 is 2.29 bits per heavy atom. The molecule has 1 aromatic carbocycles. The fourth-order valence-electron chi connectivity index (χ4n) is 2.53. The smallest absolute Gasteiger partial charge is 0.306 e. The van der Waals surface area contributed by atoms with Gasteiger partial charge in [-0.25, -0.2) is 0 Å². The molecule has 1 aromatic rings. The highest BCUT2D eigenvalue weighted by molar-refractivity contribution is 7.86. The topological polar surface area (TPSA) is 80.7 Å². The van der Waals surface area contributed by atoms with E-state index < -0.39 is 16.1 Å². The summed E-state index contributed by atoms with van der Waals surface area (Å²) < 4.78 is 29.2. The fourth-order valence-corrected chi connectivity index (χ4v) is 3.51. The monoisotopic (exact) mass is 312 g/mol. The van der Waals surface area contributed by atoms with E-state index in [-0.39, 0.29) is 23.3 Å². The maximum Gasteiger partial charge on any atom is 0.306 e. The maximum absolute atomic E-state index is 12.0. The summed E-state index contributed by atoms with van der Waals surface area (Å²) in [6.07, 6.45) is 2.57. The highest BCUT2D eigenvalue weighted by atomic mass is 32.2.